The number of aliphatic hydroxyl groups is 1. The van der Waals surface area contributed by atoms with Crippen LogP contribution in [-0.2, 0) is 0 Å². The number of benzene rings is 1. The van der Waals surface area contributed by atoms with Crippen molar-refractivity contribution >= 4 is 7.85 Å². The molecule has 2 nitrogen and oxygen atoms in total. The van der Waals surface area contributed by atoms with E-state index in [1.165, 1.54) is 6.07 Å². The number of hydrogen-bond acceptors (Lipinski definition) is 2. The number of aliphatic hydroxyl groups excluding tert-OH is 1. The van der Waals surface area contributed by atoms with Gasteiger partial charge in [-0.25, -0.2) is 8.78 Å². The van der Waals surface area contributed by atoms with Crippen molar-refractivity contribution in [1.82, 2.24) is 5.32 Å². The van der Waals surface area contributed by atoms with Crippen LogP contribution >= 0.6 is 0 Å². The van der Waals surface area contributed by atoms with Gasteiger partial charge in [0.15, 0.2) is 0 Å². The van der Waals surface area contributed by atoms with Gasteiger partial charge in [0.1, 0.15) is 25.7 Å². The summed E-state index contributed by atoms with van der Waals surface area (Å²) in [5, 5.41) is 12.8. The average molecular weight is 279 g/mol. The van der Waals surface area contributed by atoms with Gasteiger partial charge in [-0.15, -0.1) is 5.47 Å². The summed E-state index contributed by atoms with van der Waals surface area (Å²) >= 11 is 0. The third-order valence-corrected chi connectivity index (χ3v) is 3.04. The predicted molar refractivity (Wildman–Crippen MR) is 77.3 cm³/mol. The lowest BCUT2D eigenvalue weighted by Gasteiger charge is -2.29. The molecular weight excluding hydrogens is 259 g/mol. The summed E-state index contributed by atoms with van der Waals surface area (Å²) in [7, 11) is 5.55. The monoisotopic (exact) mass is 279 g/mol. The van der Waals surface area contributed by atoms with E-state index in [1.54, 1.807) is 6.92 Å². The summed E-state index contributed by atoms with van der Waals surface area (Å²) in [6.07, 6.45) is 1.87. The highest BCUT2D eigenvalue weighted by Crippen LogP contribution is 2.23. The topological polar surface area (TPSA) is 32.3 Å². The Labute approximate surface area is 120 Å². The molecule has 2 N–H and O–H groups in total. The zero-order valence-electron chi connectivity index (χ0n) is 12.1. The number of halogens is 2. The summed E-state index contributed by atoms with van der Waals surface area (Å²) in [6.45, 7) is 5.51. The molecule has 0 aliphatic rings. The Morgan fingerprint density at radius 3 is 2.45 bits per heavy atom. The predicted octanol–water partition coefficient (Wildman–Crippen LogP) is 3.18. The maximum Gasteiger partial charge on any atom is 0.137 e. The normalized spacial score (nSPS) is 14.4. The van der Waals surface area contributed by atoms with Crippen LogP contribution in [0.1, 0.15) is 45.4 Å². The van der Waals surface area contributed by atoms with Gasteiger partial charge in [0, 0.05) is 5.54 Å². The summed E-state index contributed by atoms with van der Waals surface area (Å²) in [5.74, 6) is -1.53. The average Bonchev–Trinajstić information content (AvgIpc) is 2.26. The molecule has 0 heterocycles. The standard InChI is InChI=1S/C15H20BF2NO/c1-10(16)6-5-9-15(2,3)19-14(20)13-11(17)7-4-8-12(13)18/h4,6-8,14,19-20H,5,9H2,1-3H3/b10-6+. The minimum atomic E-state index is -1.39. The van der Waals surface area contributed by atoms with Gasteiger partial charge < -0.3 is 5.11 Å². The van der Waals surface area contributed by atoms with Crippen LogP contribution in [0.2, 0.25) is 0 Å². The van der Waals surface area contributed by atoms with Gasteiger partial charge in [0.25, 0.3) is 0 Å². The molecule has 108 valence electrons. The lowest BCUT2D eigenvalue weighted by atomic mass is 9.92. The van der Waals surface area contributed by atoms with Gasteiger partial charge in [-0.2, -0.15) is 0 Å². The van der Waals surface area contributed by atoms with Crippen molar-refractivity contribution < 1.29 is 13.9 Å². The van der Waals surface area contributed by atoms with E-state index in [0.717, 1.165) is 24.0 Å². The van der Waals surface area contributed by atoms with Crippen molar-refractivity contribution in [3.63, 3.8) is 0 Å². The first kappa shape index (κ1) is 16.9. The Hall–Kier alpha value is -1.20. The number of allylic oxidation sites excluding steroid dienone is 2. The van der Waals surface area contributed by atoms with E-state index in [4.69, 9.17) is 7.85 Å². The highest BCUT2D eigenvalue weighted by molar-refractivity contribution is 6.21. The lowest BCUT2D eigenvalue weighted by Crippen LogP contribution is -2.42. The summed E-state index contributed by atoms with van der Waals surface area (Å²) in [4.78, 5) is 0. The third kappa shape index (κ3) is 5.06. The Balaban J connectivity index is 2.73. The van der Waals surface area contributed by atoms with E-state index < -0.39 is 23.4 Å². The molecule has 1 aromatic carbocycles. The molecule has 0 aliphatic heterocycles. The first-order valence-corrected chi connectivity index (χ1v) is 6.55. The van der Waals surface area contributed by atoms with Crippen LogP contribution in [0.25, 0.3) is 0 Å². The number of rotatable bonds is 6. The van der Waals surface area contributed by atoms with Gasteiger partial charge in [-0.3, -0.25) is 5.32 Å². The molecule has 0 aliphatic carbocycles. The minimum absolute atomic E-state index is 0.355. The zero-order valence-corrected chi connectivity index (χ0v) is 12.1. The highest BCUT2D eigenvalue weighted by Gasteiger charge is 2.25. The van der Waals surface area contributed by atoms with E-state index >= 15 is 0 Å². The lowest BCUT2D eigenvalue weighted by molar-refractivity contribution is 0.0916. The molecule has 0 saturated heterocycles. The van der Waals surface area contributed by atoms with E-state index in [9.17, 15) is 13.9 Å². The molecule has 1 rings (SSSR count). The van der Waals surface area contributed by atoms with Crippen molar-refractivity contribution in [3.05, 3.63) is 46.9 Å². The molecule has 2 radical (unpaired) electrons. The number of hydrogen-bond donors (Lipinski definition) is 2. The first-order valence-electron chi connectivity index (χ1n) is 6.55. The Kier molecular flexibility index (Phi) is 5.90. The van der Waals surface area contributed by atoms with Crippen molar-refractivity contribution in [1.29, 1.82) is 0 Å². The first-order chi connectivity index (χ1) is 9.23. The molecule has 0 bridgehead atoms. The maximum atomic E-state index is 13.6. The molecular formula is C15H20BF2NO. The van der Waals surface area contributed by atoms with Gasteiger partial charge in [-0.1, -0.05) is 19.1 Å². The summed E-state index contributed by atoms with van der Waals surface area (Å²) < 4.78 is 27.1. The highest BCUT2D eigenvalue weighted by atomic mass is 19.1. The van der Waals surface area contributed by atoms with E-state index in [2.05, 4.69) is 5.32 Å². The molecule has 0 aromatic heterocycles. The van der Waals surface area contributed by atoms with Crippen LogP contribution in [0.15, 0.2) is 29.7 Å². The fourth-order valence-electron chi connectivity index (χ4n) is 1.95. The largest absolute Gasteiger partial charge is 0.374 e. The van der Waals surface area contributed by atoms with Crippen LogP contribution in [0.5, 0.6) is 0 Å². The summed E-state index contributed by atoms with van der Waals surface area (Å²) in [5.41, 5.74) is -0.118. The molecule has 20 heavy (non-hydrogen) atoms. The van der Waals surface area contributed by atoms with Crippen molar-refractivity contribution in [3.8, 4) is 0 Å². The van der Waals surface area contributed by atoms with Crippen molar-refractivity contribution in [2.24, 2.45) is 0 Å². The van der Waals surface area contributed by atoms with Crippen LogP contribution in [0, 0.1) is 11.6 Å². The fourth-order valence-corrected chi connectivity index (χ4v) is 1.95. The second-order valence-corrected chi connectivity index (χ2v) is 5.55. The van der Waals surface area contributed by atoms with Gasteiger partial charge in [-0.05, 0) is 38.8 Å². The molecule has 5 heteroatoms. The summed E-state index contributed by atoms with van der Waals surface area (Å²) in [6, 6.07) is 3.51. The SMILES string of the molecule is [B]/C(C)=C/CCC(C)(C)NC(O)c1c(F)cccc1F. The Morgan fingerprint density at radius 2 is 1.95 bits per heavy atom. The minimum Gasteiger partial charge on any atom is -0.374 e. The molecule has 0 amide bonds. The van der Waals surface area contributed by atoms with Crippen LogP contribution < -0.4 is 5.32 Å². The van der Waals surface area contributed by atoms with E-state index in [-0.39, 0.29) is 5.56 Å². The number of nitrogens with one attached hydrogen (secondary N) is 1. The fraction of sp³-hybridized carbons (Fsp3) is 0.467. The second kappa shape index (κ2) is 7.00. The van der Waals surface area contributed by atoms with E-state index in [0.29, 0.717) is 6.42 Å². The third-order valence-electron chi connectivity index (χ3n) is 3.04. The van der Waals surface area contributed by atoms with Gasteiger partial charge in [0.2, 0.25) is 0 Å². The van der Waals surface area contributed by atoms with E-state index in [1.807, 2.05) is 19.9 Å². The quantitative estimate of drug-likeness (QED) is 0.619. The molecule has 0 saturated carbocycles. The zero-order chi connectivity index (χ0) is 15.3. The smallest absolute Gasteiger partial charge is 0.137 e. The Morgan fingerprint density at radius 1 is 1.40 bits per heavy atom. The van der Waals surface area contributed by atoms with Gasteiger partial charge in [0.05, 0.1) is 5.56 Å². The second-order valence-electron chi connectivity index (χ2n) is 5.55. The molecule has 0 fully saturated rings. The van der Waals surface area contributed by atoms with Crippen molar-refractivity contribution in [2.45, 2.75) is 45.4 Å². The van der Waals surface area contributed by atoms with Crippen molar-refractivity contribution in [2.75, 3.05) is 0 Å². The van der Waals surface area contributed by atoms with Crippen LogP contribution in [0.3, 0.4) is 0 Å². The maximum absolute atomic E-state index is 13.6. The molecule has 0 spiro atoms. The van der Waals surface area contributed by atoms with Gasteiger partial charge >= 0.3 is 0 Å². The molecule has 1 atom stereocenters. The Bertz CT molecular complexity index is 465. The molecule has 1 aromatic rings. The van der Waals surface area contributed by atoms with Crippen LogP contribution in [-0.4, -0.2) is 18.5 Å². The van der Waals surface area contributed by atoms with Crippen LogP contribution in [0.4, 0.5) is 8.78 Å². The molecule has 1 unspecified atom stereocenters.